The van der Waals surface area contributed by atoms with Crippen molar-refractivity contribution >= 4 is 6.08 Å². The molecule has 6 heteroatoms. The maximum Gasteiger partial charge on any atom is 0.248 e. The molecule has 1 saturated carbocycles. The lowest BCUT2D eigenvalue weighted by molar-refractivity contribution is -0.0384. The minimum absolute atomic E-state index is 0.00784. The number of hydrogen-bond acceptors (Lipinski definition) is 0. The van der Waals surface area contributed by atoms with Crippen molar-refractivity contribution in [3.05, 3.63) is 75.9 Å². The minimum atomic E-state index is -2.76. The molecular weight excluding hydrogens is 438 g/mol. The van der Waals surface area contributed by atoms with Crippen molar-refractivity contribution in [3.8, 4) is 11.8 Å². The molecule has 0 aromatic heterocycles. The van der Waals surface area contributed by atoms with Crippen LogP contribution in [0.15, 0.2) is 30.3 Å². The molecule has 1 fully saturated rings. The fourth-order valence-corrected chi connectivity index (χ4v) is 4.00. The molecule has 1 aliphatic carbocycles. The van der Waals surface area contributed by atoms with Crippen LogP contribution < -0.4 is 0 Å². The smallest absolute Gasteiger partial charge is 0.207 e. The molecule has 0 unspecified atom stereocenters. The van der Waals surface area contributed by atoms with Crippen molar-refractivity contribution in [1.82, 2.24) is 0 Å². The molecule has 0 amide bonds. The molecule has 2 aromatic carbocycles. The van der Waals surface area contributed by atoms with E-state index in [2.05, 4.69) is 18.8 Å². The molecule has 0 bridgehead atoms. The van der Waals surface area contributed by atoms with E-state index < -0.39 is 35.1 Å². The summed E-state index contributed by atoms with van der Waals surface area (Å²) in [5.74, 6) is -2.24. The summed E-state index contributed by atoms with van der Waals surface area (Å²) in [6.45, 7) is 2.07. The third kappa shape index (κ3) is 6.43. The third-order valence-corrected chi connectivity index (χ3v) is 5.95. The number of halogens is 6. The van der Waals surface area contributed by atoms with Crippen molar-refractivity contribution in [3.63, 3.8) is 0 Å². The largest absolute Gasteiger partial charge is 0.248 e. The van der Waals surface area contributed by atoms with Gasteiger partial charge < -0.3 is 0 Å². The van der Waals surface area contributed by atoms with Crippen LogP contribution in [0, 0.1) is 35.1 Å². The van der Waals surface area contributed by atoms with Gasteiger partial charge in [-0.15, -0.1) is 0 Å². The van der Waals surface area contributed by atoms with E-state index in [9.17, 15) is 26.3 Å². The van der Waals surface area contributed by atoms with Gasteiger partial charge in [0, 0.05) is 24.0 Å². The van der Waals surface area contributed by atoms with Crippen molar-refractivity contribution in [1.29, 1.82) is 0 Å². The van der Waals surface area contributed by atoms with Gasteiger partial charge in [-0.25, -0.2) is 26.3 Å². The number of rotatable bonds is 6. The molecule has 0 atom stereocenters. The summed E-state index contributed by atoms with van der Waals surface area (Å²) in [6, 6.07) is 4.72. The van der Waals surface area contributed by atoms with Crippen LogP contribution in [0.4, 0.5) is 26.3 Å². The van der Waals surface area contributed by atoms with E-state index >= 15 is 0 Å². The molecule has 176 valence electrons. The summed E-state index contributed by atoms with van der Waals surface area (Å²) < 4.78 is 84.5. The Balaban J connectivity index is 1.76. The van der Waals surface area contributed by atoms with Crippen molar-refractivity contribution in [2.45, 2.75) is 70.1 Å². The number of unbranched alkanes of at least 4 members (excludes halogenated alkanes) is 3. The Labute approximate surface area is 190 Å². The normalized spacial score (nSPS) is 16.1. The van der Waals surface area contributed by atoms with Gasteiger partial charge in [0.05, 0.1) is 5.56 Å². The average molecular weight is 464 g/mol. The van der Waals surface area contributed by atoms with Gasteiger partial charge in [-0.2, -0.15) is 0 Å². The number of benzene rings is 2. The van der Waals surface area contributed by atoms with E-state index in [1.165, 1.54) is 18.2 Å². The predicted octanol–water partition coefficient (Wildman–Crippen LogP) is 8.53. The van der Waals surface area contributed by atoms with Crippen molar-refractivity contribution in [2.75, 3.05) is 0 Å². The van der Waals surface area contributed by atoms with E-state index in [1.807, 2.05) is 0 Å². The highest BCUT2D eigenvalue weighted by Crippen LogP contribution is 2.41. The minimum Gasteiger partial charge on any atom is -0.207 e. The fourth-order valence-electron chi connectivity index (χ4n) is 4.00. The van der Waals surface area contributed by atoms with Crippen LogP contribution >= 0.6 is 0 Å². The Morgan fingerprint density at radius 3 is 2.24 bits per heavy atom. The van der Waals surface area contributed by atoms with Crippen LogP contribution in [-0.4, -0.2) is 5.92 Å². The van der Waals surface area contributed by atoms with Crippen molar-refractivity contribution < 1.29 is 26.3 Å². The molecule has 33 heavy (non-hydrogen) atoms. The molecule has 1 aliphatic rings. The summed E-state index contributed by atoms with van der Waals surface area (Å²) in [7, 11) is 0. The van der Waals surface area contributed by atoms with Crippen molar-refractivity contribution in [2.24, 2.45) is 0 Å². The monoisotopic (exact) mass is 464 g/mol. The van der Waals surface area contributed by atoms with Gasteiger partial charge in [-0.05, 0) is 55.4 Å². The number of allylic oxidation sites excluding steroid dienone is 1. The van der Waals surface area contributed by atoms with Crippen LogP contribution in [0.3, 0.4) is 0 Å². The van der Waals surface area contributed by atoms with Crippen LogP contribution in [-0.2, 0) is 0 Å². The van der Waals surface area contributed by atoms with Gasteiger partial charge >= 0.3 is 0 Å². The molecule has 0 aliphatic heterocycles. The Morgan fingerprint density at radius 1 is 0.939 bits per heavy atom. The molecule has 0 radical (unpaired) electrons. The van der Waals surface area contributed by atoms with E-state index in [4.69, 9.17) is 0 Å². The van der Waals surface area contributed by atoms with Crippen LogP contribution in [0.5, 0.6) is 0 Å². The summed E-state index contributed by atoms with van der Waals surface area (Å²) >= 11 is 0. The van der Waals surface area contributed by atoms with Gasteiger partial charge in [0.25, 0.3) is 0 Å². The Morgan fingerprint density at radius 2 is 1.61 bits per heavy atom. The zero-order valence-electron chi connectivity index (χ0n) is 18.5. The molecule has 0 heterocycles. The van der Waals surface area contributed by atoms with Gasteiger partial charge in [0.1, 0.15) is 11.6 Å². The number of hydrogen-bond donors (Lipinski definition) is 0. The van der Waals surface area contributed by atoms with E-state index in [-0.39, 0.29) is 47.9 Å². The second-order valence-corrected chi connectivity index (χ2v) is 8.46. The first-order valence-electron chi connectivity index (χ1n) is 11.2. The highest BCUT2D eigenvalue weighted by atomic mass is 19.3. The van der Waals surface area contributed by atoms with E-state index in [1.54, 1.807) is 6.08 Å². The lowest BCUT2D eigenvalue weighted by Crippen LogP contribution is -2.24. The summed E-state index contributed by atoms with van der Waals surface area (Å²) in [5.41, 5.74) is -0.387. The van der Waals surface area contributed by atoms with Gasteiger partial charge in [0.2, 0.25) is 5.92 Å². The van der Waals surface area contributed by atoms with E-state index in [0.717, 1.165) is 37.8 Å². The highest BCUT2D eigenvalue weighted by molar-refractivity contribution is 5.54. The first-order valence-corrected chi connectivity index (χ1v) is 11.2. The van der Waals surface area contributed by atoms with Crippen LogP contribution in [0.1, 0.15) is 86.5 Å². The third-order valence-electron chi connectivity index (χ3n) is 5.95. The summed E-state index contributed by atoms with van der Waals surface area (Å²) in [6.07, 6.45) is 6.30. The Kier molecular flexibility index (Phi) is 8.29. The predicted molar refractivity (Wildman–Crippen MR) is 118 cm³/mol. The molecule has 3 rings (SSSR count). The zero-order chi connectivity index (χ0) is 24.0. The zero-order valence-corrected chi connectivity index (χ0v) is 18.5. The molecule has 0 nitrogen and oxygen atoms in total. The molecule has 0 spiro atoms. The second-order valence-electron chi connectivity index (χ2n) is 8.46. The first kappa shape index (κ1) is 25.0. The summed E-state index contributed by atoms with van der Waals surface area (Å²) in [4.78, 5) is 0. The Bertz CT molecular complexity index is 1040. The van der Waals surface area contributed by atoms with E-state index in [0.29, 0.717) is 0 Å². The average Bonchev–Trinajstić information content (AvgIpc) is 2.76. The Hall–Kier alpha value is -2.68. The molecule has 0 saturated heterocycles. The number of alkyl halides is 2. The second kappa shape index (κ2) is 11.0. The standard InChI is InChI=1S/C27H26F6/c1-2-3-4-5-6-7-22-23(28)16-18(17-24(22)29)8-9-20-10-11-21(26(31)25(20)30)19-12-14-27(32,33)15-13-19/h6-7,10-11,16-17,19H,2-5,12-15H2,1H3/b7-6+. The maximum absolute atomic E-state index is 14.6. The first-order chi connectivity index (χ1) is 15.7. The topological polar surface area (TPSA) is 0 Å². The summed E-state index contributed by atoms with van der Waals surface area (Å²) in [5, 5.41) is 0. The lowest BCUT2D eigenvalue weighted by atomic mass is 9.82. The van der Waals surface area contributed by atoms with Crippen LogP contribution in [0.2, 0.25) is 0 Å². The van der Waals surface area contributed by atoms with Gasteiger partial charge in [-0.1, -0.05) is 49.8 Å². The van der Waals surface area contributed by atoms with Gasteiger partial charge in [-0.3, -0.25) is 0 Å². The maximum atomic E-state index is 14.6. The quantitative estimate of drug-likeness (QED) is 0.228. The molecule has 2 aromatic rings. The molecular formula is C27H26F6. The lowest BCUT2D eigenvalue weighted by Gasteiger charge is -2.28. The van der Waals surface area contributed by atoms with Crippen LogP contribution in [0.25, 0.3) is 6.08 Å². The molecule has 0 N–H and O–H groups in total. The fraction of sp³-hybridized carbons (Fsp3) is 0.407. The highest BCUT2D eigenvalue weighted by Gasteiger charge is 2.36. The SMILES string of the molecule is CCCCC/C=C/c1c(F)cc(C#Cc2ccc(C3CCC(F)(F)CC3)c(F)c2F)cc1F. The van der Waals surface area contributed by atoms with Gasteiger partial charge in [0.15, 0.2) is 11.6 Å².